The van der Waals surface area contributed by atoms with E-state index >= 15 is 0 Å². The Hall–Kier alpha value is -2.23. The van der Waals surface area contributed by atoms with E-state index in [1.165, 1.54) is 0 Å². The Kier molecular flexibility index (Phi) is 4.13. The van der Waals surface area contributed by atoms with Crippen LogP contribution in [-0.2, 0) is 11.3 Å². The number of hydrogen-bond acceptors (Lipinski definition) is 2. The van der Waals surface area contributed by atoms with Crippen molar-refractivity contribution in [2.24, 2.45) is 0 Å². The minimum absolute atomic E-state index is 0.123. The van der Waals surface area contributed by atoms with Gasteiger partial charge in [-0.1, -0.05) is 12.1 Å². The smallest absolute Gasteiger partial charge is 0.331 e. The van der Waals surface area contributed by atoms with Gasteiger partial charge in [-0.2, -0.15) is 0 Å². The molecule has 0 saturated heterocycles. The molecule has 0 saturated carbocycles. The largest absolute Gasteiger partial charge is 0.490 e. The summed E-state index contributed by atoms with van der Waals surface area (Å²) in [5, 5.41) is 9.91. The van der Waals surface area contributed by atoms with Crippen LogP contribution in [0.15, 0.2) is 42.1 Å². The Morgan fingerprint density at radius 3 is 2.80 bits per heavy atom. The number of carbonyl (C=O) groups is 1. The number of rotatable bonds is 5. The van der Waals surface area contributed by atoms with Gasteiger partial charge in [-0.15, -0.1) is 0 Å². The Morgan fingerprint density at radius 2 is 2.15 bits per heavy atom. The van der Waals surface area contributed by atoms with Crippen LogP contribution in [-0.4, -0.2) is 21.7 Å². The Balaban J connectivity index is 2.33. The highest BCUT2D eigenvalue weighted by Crippen LogP contribution is 2.27. The fourth-order valence-electron chi connectivity index (χ4n) is 2.03. The number of fused-ring (bicyclic) bond motifs is 1. The number of benzene rings is 1. The summed E-state index contributed by atoms with van der Waals surface area (Å²) in [4.78, 5) is 10.8. The lowest BCUT2D eigenvalue weighted by atomic mass is 10.2. The molecule has 0 radical (unpaired) electrons. The number of carboxylic acids is 1. The average Bonchev–Trinajstić information content (AvgIpc) is 2.79. The third-order valence-electron chi connectivity index (χ3n) is 3.07. The van der Waals surface area contributed by atoms with E-state index in [1.54, 1.807) is 13.0 Å². The molecule has 0 fully saturated rings. The molecule has 0 aliphatic heterocycles. The molecule has 1 aromatic heterocycles. The summed E-state index contributed by atoms with van der Waals surface area (Å²) in [5.41, 5.74) is 1.39. The summed E-state index contributed by atoms with van der Waals surface area (Å²) >= 11 is 0. The van der Waals surface area contributed by atoms with E-state index in [4.69, 9.17) is 9.84 Å². The van der Waals surface area contributed by atoms with Crippen molar-refractivity contribution in [1.29, 1.82) is 0 Å². The zero-order chi connectivity index (χ0) is 14.7. The summed E-state index contributed by atoms with van der Waals surface area (Å²) < 4.78 is 7.79. The molecule has 0 amide bonds. The van der Waals surface area contributed by atoms with E-state index < -0.39 is 5.97 Å². The summed E-state index contributed by atoms with van der Waals surface area (Å²) in [7, 11) is 0. The second kappa shape index (κ2) is 5.82. The third-order valence-corrected chi connectivity index (χ3v) is 3.07. The number of carboxylic acid groups (broad SMARTS) is 1. The van der Waals surface area contributed by atoms with Crippen molar-refractivity contribution in [2.45, 2.75) is 33.4 Å². The van der Waals surface area contributed by atoms with Gasteiger partial charge in [0.25, 0.3) is 0 Å². The molecule has 1 aromatic carbocycles. The molecule has 2 rings (SSSR count). The lowest BCUT2D eigenvalue weighted by Crippen LogP contribution is -2.05. The van der Waals surface area contributed by atoms with Crippen molar-refractivity contribution in [2.75, 3.05) is 0 Å². The maximum absolute atomic E-state index is 10.8. The van der Waals surface area contributed by atoms with Crippen molar-refractivity contribution in [3.63, 3.8) is 0 Å². The second-order valence-electron chi connectivity index (χ2n) is 5.02. The SMILES string of the molecule is C/C(=C/Cn1ccc2c(OC(C)C)cccc21)C(=O)O. The van der Waals surface area contributed by atoms with Crippen molar-refractivity contribution >= 4 is 16.9 Å². The zero-order valence-corrected chi connectivity index (χ0v) is 12.0. The van der Waals surface area contributed by atoms with Gasteiger partial charge in [-0.25, -0.2) is 4.79 Å². The maximum atomic E-state index is 10.8. The number of allylic oxidation sites excluding steroid dienone is 1. The predicted octanol–water partition coefficient (Wildman–Crippen LogP) is 3.46. The quantitative estimate of drug-likeness (QED) is 0.849. The Labute approximate surface area is 118 Å². The lowest BCUT2D eigenvalue weighted by Gasteiger charge is -2.11. The zero-order valence-electron chi connectivity index (χ0n) is 12.0. The van der Waals surface area contributed by atoms with Crippen molar-refractivity contribution in [3.8, 4) is 5.75 Å². The van der Waals surface area contributed by atoms with Gasteiger partial charge in [0.05, 0.1) is 11.6 Å². The number of aromatic nitrogens is 1. The fourth-order valence-corrected chi connectivity index (χ4v) is 2.03. The number of hydrogen-bond donors (Lipinski definition) is 1. The maximum Gasteiger partial charge on any atom is 0.331 e. The van der Waals surface area contributed by atoms with Crippen LogP contribution < -0.4 is 4.74 Å². The van der Waals surface area contributed by atoms with Crippen molar-refractivity contribution in [3.05, 3.63) is 42.1 Å². The molecule has 1 N–H and O–H groups in total. The van der Waals surface area contributed by atoms with Gasteiger partial charge in [-0.05, 0) is 39.0 Å². The topological polar surface area (TPSA) is 51.5 Å². The van der Waals surface area contributed by atoms with Crippen LogP contribution in [0.25, 0.3) is 10.9 Å². The van der Waals surface area contributed by atoms with E-state index in [-0.39, 0.29) is 6.10 Å². The van der Waals surface area contributed by atoms with Crippen molar-refractivity contribution in [1.82, 2.24) is 4.57 Å². The molecule has 20 heavy (non-hydrogen) atoms. The molecule has 4 nitrogen and oxygen atoms in total. The first kappa shape index (κ1) is 14.2. The van der Waals surface area contributed by atoms with Gasteiger partial charge in [0.1, 0.15) is 5.75 Å². The van der Waals surface area contributed by atoms with Gasteiger partial charge in [0.2, 0.25) is 0 Å². The summed E-state index contributed by atoms with van der Waals surface area (Å²) in [6.45, 7) is 6.12. The standard InChI is InChI=1S/C16H19NO3/c1-11(2)20-15-6-4-5-14-13(15)8-10-17(14)9-7-12(3)16(18)19/h4-8,10-11H,9H2,1-3H3,(H,18,19)/b12-7-. The van der Waals surface area contributed by atoms with Gasteiger partial charge >= 0.3 is 5.97 Å². The highest BCUT2D eigenvalue weighted by Gasteiger charge is 2.07. The van der Waals surface area contributed by atoms with Crippen LogP contribution in [0.5, 0.6) is 5.75 Å². The molecule has 0 spiro atoms. The molecule has 0 aliphatic carbocycles. The highest BCUT2D eigenvalue weighted by atomic mass is 16.5. The molecule has 1 heterocycles. The molecule has 106 valence electrons. The summed E-state index contributed by atoms with van der Waals surface area (Å²) in [5.74, 6) is -0.0273. The lowest BCUT2D eigenvalue weighted by molar-refractivity contribution is -0.132. The van der Waals surface area contributed by atoms with E-state index in [0.29, 0.717) is 12.1 Å². The molecule has 0 aliphatic rings. The molecule has 2 aromatic rings. The third kappa shape index (κ3) is 3.02. The number of ether oxygens (including phenoxy) is 1. The minimum Gasteiger partial charge on any atom is -0.490 e. The predicted molar refractivity (Wildman–Crippen MR) is 79.1 cm³/mol. The van der Waals surface area contributed by atoms with Gasteiger partial charge < -0.3 is 14.4 Å². The van der Waals surface area contributed by atoms with Crippen LogP contribution in [0, 0.1) is 0 Å². The number of nitrogens with zero attached hydrogens (tertiary/aromatic N) is 1. The minimum atomic E-state index is -0.884. The van der Waals surface area contributed by atoms with Crippen LogP contribution in [0.2, 0.25) is 0 Å². The molecule has 0 atom stereocenters. The van der Waals surface area contributed by atoms with Gasteiger partial charge in [0.15, 0.2) is 0 Å². The fraction of sp³-hybridized carbons (Fsp3) is 0.312. The van der Waals surface area contributed by atoms with Gasteiger partial charge in [-0.3, -0.25) is 0 Å². The average molecular weight is 273 g/mol. The Morgan fingerprint density at radius 1 is 1.40 bits per heavy atom. The normalized spacial score (nSPS) is 12.1. The van der Waals surface area contributed by atoms with Crippen LogP contribution in [0.3, 0.4) is 0 Å². The monoisotopic (exact) mass is 273 g/mol. The van der Waals surface area contributed by atoms with E-state index in [1.807, 2.05) is 48.9 Å². The highest BCUT2D eigenvalue weighted by molar-refractivity contribution is 5.87. The van der Waals surface area contributed by atoms with Crippen LogP contribution in [0.4, 0.5) is 0 Å². The number of aliphatic carboxylic acids is 1. The van der Waals surface area contributed by atoms with Gasteiger partial charge in [0, 0.05) is 23.7 Å². The molecule has 0 unspecified atom stereocenters. The summed E-state index contributed by atoms with van der Waals surface area (Å²) in [6.07, 6.45) is 3.78. The van der Waals surface area contributed by atoms with Crippen molar-refractivity contribution < 1.29 is 14.6 Å². The first-order valence-electron chi connectivity index (χ1n) is 6.63. The second-order valence-corrected chi connectivity index (χ2v) is 5.02. The van der Waals surface area contributed by atoms with E-state index in [9.17, 15) is 4.79 Å². The van der Waals surface area contributed by atoms with E-state index in [2.05, 4.69) is 0 Å². The molecular weight excluding hydrogens is 254 g/mol. The first-order valence-corrected chi connectivity index (χ1v) is 6.63. The molecule has 4 heteroatoms. The molecular formula is C16H19NO3. The van der Waals surface area contributed by atoms with E-state index in [0.717, 1.165) is 16.7 Å². The molecule has 0 bridgehead atoms. The van der Waals surface area contributed by atoms with Crippen LogP contribution >= 0.6 is 0 Å². The Bertz CT molecular complexity index is 653. The first-order chi connectivity index (χ1) is 9.49. The van der Waals surface area contributed by atoms with Crippen LogP contribution in [0.1, 0.15) is 20.8 Å². The summed E-state index contributed by atoms with van der Waals surface area (Å²) in [6, 6.07) is 7.90.